The van der Waals surface area contributed by atoms with Crippen LogP contribution in [0, 0.1) is 12.8 Å². The Bertz CT molecular complexity index is 473. The summed E-state index contributed by atoms with van der Waals surface area (Å²) in [6, 6.07) is 8.65. The molecule has 0 aliphatic carbocycles. The van der Waals surface area contributed by atoms with Crippen molar-refractivity contribution in [2.75, 3.05) is 19.6 Å². The molecule has 1 aromatic rings. The number of nitrogens with two attached hydrogens (primary N) is 1. The maximum atomic E-state index is 6.14. The van der Waals surface area contributed by atoms with Gasteiger partial charge >= 0.3 is 0 Å². The largest absolute Gasteiger partial charge is 0.370 e. The molecular weight excluding hydrogens is 373 g/mol. The third-order valence-electron chi connectivity index (χ3n) is 4.12. The smallest absolute Gasteiger partial charge is 0.191 e. The molecule has 3 nitrogen and oxygen atoms in total. The zero-order valence-electron chi connectivity index (χ0n) is 13.4. The number of aliphatic imine (C=N–C) groups is 1. The molecule has 0 bridgehead atoms. The van der Waals surface area contributed by atoms with Crippen LogP contribution in [0.2, 0.25) is 0 Å². The molecule has 2 unspecified atom stereocenters. The highest BCUT2D eigenvalue weighted by Crippen LogP contribution is 2.18. The fraction of sp³-hybridized carbons (Fsp3) is 0.588. The van der Waals surface area contributed by atoms with Crippen LogP contribution in [0.5, 0.6) is 0 Å². The molecule has 0 radical (unpaired) electrons. The average Bonchev–Trinajstić information content (AvgIpc) is 2.44. The zero-order chi connectivity index (χ0) is 14.5. The lowest BCUT2D eigenvalue weighted by molar-refractivity contribution is 0.270. The average molecular weight is 401 g/mol. The number of rotatable bonds is 3. The maximum Gasteiger partial charge on any atom is 0.191 e. The number of halogens is 1. The van der Waals surface area contributed by atoms with Crippen molar-refractivity contribution in [1.82, 2.24) is 4.90 Å². The standard InChI is InChI=1S/C17H27N3.HI/c1-13-6-4-8-16(10-13)15(3)11-19-17(18)20-9-5-7-14(2)12-20;/h4,6,8,10,14-15H,5,7,9,11-12H2,1-3H3,(H2,18,19);1H. The van der Waals surface area contributed by atoms with Crippen molar-refractivity contribution in [1.29, 1.82) is 0 Å². The van der Waals surface area contributed by atoms with Gasteiger partial charge in [0.1, 0.15) is 0 Å². The molecule has 0 amide bonds. The maximum absolute atomic E-state index is 6.14. The van der Waals surface area contributed by atoms with Crippen LogP contribution in [0.4, 0.5) is 0 Å². The van der Waals surface area contributed by atoms with Crippen molar-refractivity contribution in [3.8, 4) is 0 Å². The number of aryl methyl sites for hydroxylation is 1. The van der Waals surface area contributed by atoms with Crippen LogP contribution in [-0.4, -0.2) is 30.5 Å². The third-order valence-corrected chi connectivity index (χ3v) is 4.12. The molecule has 0 aromatic heterocycles. The van der Waals surface area contributed by atoms with Gasteiger partial charge in [-0.3, -0.25) is 4.99 Å². The summed E-state index contributed by atoms with van der Waals surface area (Å²) in [5.41, 5.74) is 8.79. The lowest BCUT2D eigenvalue weighted by Crippen LogP contribution is -2.43. The fourth-order valence-corrected chi connectivity index (χ4v) is 2.81. The molecule has 1 aliphatic rings. The summed E-state index contributed by atoms with van der Waals surface area (Å²) in [5, 5.41) is 0. The quantitative estimate of drug-likeness (QED) is 0.476. The minimum atomic E-state index is 0. The summed E-state index contributed by atoms with van der Waals surface area (Å²) >= 11 is 0. The first kappa shape index (κ1) is 18.3. The summed E-state index contributed by atoms with van der Waals surface area (Å²) in [7, 11) is 0. The van der Waals surface area contributed by atoms with Crippen LogP contribution in [0.1, 0.15) is 43.7 Å². The first-order valence-electron chi connectivity index (χ1n) is 7.67. The van der Waals surface area contributed by atoms with E-state index in [2.05, 4.69) is 54.9 Å². The molecule has 2 atom stereocenters. The Morgan fingerprint density at radius 1 is 1.48 bits per heavy atom. The molecule has 1 saturated heterocycles. The van der Waals surface area contributed by atoms with Gasteiger partial charge in [-0.25, -0.2) is 0 Å². The number of hydrogen-bond donors (Lipinski definition) is 1. The first-order chi connectivity index (χ1) is 9.56. The van der Waals surface area contributed by atoms with Crippen LogP contribution >= 0.6 is 24.0 Å². The molecule has 21 heavy (non-hydrogen) atoms. The minimum Gasteiger partial charge on any atom is -0.370 e. The van der Waals surface area contributed by atoms with Gasteiger partial charge in [-0.05, 0) is 31.2 Å². The van der Waals surface area contributed by atoms with Crippen LogP contribution in [-0.2, 0) is 0 Å². The van der Waals surface area contributed by atoms with Gasteiger partial charge in [-0.15, -0.1) is 24.0 Å². The Labute approximate surface area is 146 Å². The molecule has 4 heteroatoms. The van der Waals surface area contributed by atoms with Crippen molar-refractivity contribution >= 4 is 29.9 Å². The van der Waals surface area contributed by atoms with E-state index in [9.17, 15) is 0 Å². The predicted molar refractivity (Wildman–Crippen MR) is 101 cm³/mol. The first-order valence-corrected chi connectivity index (χ1v) is 7.67. The Morgan fingerprint density at radius 2 is 2.24 bits per heavy atom. The molecule has 0 spiro atoms. The molecule has 1 heterocycles. The fourth-order valence-electron chi connectivity index (χ4n) is 2.81. The van der Waals surface area contributed by atoms with Gasteiger partial charge in [0.05, 0.1) is 0 Å². The van der Waals surface area contributed by atoms with E-state index in [1.54, 1.807) is 0 Å². The highest BCUT2D eigenvalue weighted by molar-refractivity contribution is 14.0. The second-order valence-corrected chi connectivity index (χ2v) is 6.21. The van der Waals surface area contributed by atoms with Gasteiger partial charge in [0.2, 0.25) is 0 Å². The summed E-state index contributed by atoms with van der Waals surface area (Å²) in [6.45, 7) is 9.50. The zero-order valence-corrected chi connectivity index (χ0v) is 15.7. The summed E-state index contributed by atoms with van der Waals surface area (Å²) in [6.07, 6.45) is 2.54. The van der Waals surface area contributed by atoms with E-state index in [1.165, 1.54) is 24.0 Å². The van der Waals surface area contributed by atoms with Gasteiger partial charge in [0.15, 0.2) is 5.96 Å². The van der Waals surface area contributed by atoms with Crippen molar-refractivity contribution in [2.24, 2.45) is 16.6 Å². The Kier molecular flexibility index (Phi) is 7.49. The van der Waals surface area contributed by atoms with Gasteiger partial charge in [-0.1, -0.05) is 43.7 Å². The normalized spacial score (nSPS) is 20.8. The lowest BCUT2D eigenvalue weighted by Gasteiger charge is -2.31. The summed E-state index contributed by atoms with van der Waals surface area (Å²) in [4.78, 5) is 6.84. The highest BCUT2D eigenvalue weighted by atomic mass is 127. The molecule has 1 aliphatic heterocycles. The number of hydrogen-bond acceptors (Lipinski definition) is 1. The van der Waals surface area contributed by atoms with Gasteiger partial charge in [-0.2, -0.15) is 0 Å². The predicted octanol–water partition coefficient (Wildman–Crippen LogP) is 3.76. The molecule has 0 saturated carbocycles. The van der Waals surface area contributed by atoms with E-state index in [0.29, 0.717) is 5.92 Å². The van der Waals surface area contributed by atoms with E-state index in [-0.39, 0.29) is 24.0 Å². The van der Waals surface area contributed by atoms with E-state index in [4.69, 9.17) is 5.73 Å². The number of nitrogens with zero attached hydrogens (tertiary/aromatic N) is 2. The van der Waals surface area contributed by atoms with Gasteiger partial charge in [0, 0.05) is 25.6 Å². The Morgan fingerprint density at radius 3 is 2.90 bits per heavy atom. The Balaban J connectivity index is 0.00000220. The van der Waals surface area contributed by atoms with Crippen molar-refractivity contribution in [3.05, 3.63) is 35.4 Å². The molecule has 118 valence electrons. The lowest BCUT2D eigenvalue weighted by atomic mass is 9.99. The monoisotopic (exact) mass is 401 g/mol. The minimum absolute atomic E-state index is 0. The van der Waals surface area contributed by atoms with Gasteiger partial charge < -0.3 is 10.6 Å². The van der Waals surface area contributed by atoms with E-state index in [1.807, 2.05) is 0 Å². The number of guanidine groups is 1. The number of benzene rings is 1. The van der Waals surface area contributed by atoms with Crippen molar-refractivity contribution < 1.29 is 0 Å². The number of piperidine rings is 1. The van der Waals surface area contributed by atoms with E-state index >= 15 is 0 Å². The summed E-state index contributed by atoms with van der Waals surface area (Å²) < 4.78 is 0. The van der Waals surface area contributed by atoms with Crippen molar-refractivity contribution in [3.63, 3.8) is 0 Å². The Hall–Kier alpha value is -0.780. The van der Waals surface area contributed by atoms with Crippen LogP contribution in [0.25, 0.3) is 0 Å². The molecule has 2 rings (SSSR count). The van der Waals surface area contributed by atoms with E-state index in [0.717, 1.165) is 31.5 Å². The van der Waals surface area contributed by atoms with Crippen molar-refractivity contribution in [2.45, 2.75) is 39.5 Å². The van der Waals surface area contributed by atoms with Crippen LogP contribution < -0.4 is 5.73 Å². The highest BCUT2D eigenvalue weighted by Gasteiger charge is 2.17. The molecule has 2 N–H and O–H groups in total. The molecule has 1 aromatic carbocycles. The second kappa shape index (κ2) is 8.61. The summed E-state index contributed by atoms with van der Waals surface area (Å²) in [5.74, 6) is 1.86. The van der Waals surface area contributed by atoms with Crippen LogP contribution in [0.3, 0.4) is 0 Å². The molecular formula is C17H28IN3. The van der Waals surface area contributed by atoms with E-state index < -0.39 is 0 Å². The molecule has 1 fully saturated rings. The van der Waals surface area contributed by atoms with Gasteiger partial charge in [0.25, 0.3) is 0 Å². The topological polar surface area (TPSA) is 41.6 Å². The third kappa shape index (κ3) is 5.49. The second-order valence-electron chi connectivity index (χ2n) is 6.21. The van der Waals surface area contributed by atoms with Crippen LogP contribution in [0.15, 0.2) is 29.3 Å². The number of likely N-dealkylation sites (tertiary alicyclic amines) is 1. The SMILES string of the molecule is Cc1cccc(C(C)CN=C(N)N2CCCC(C)C2)c1.I.